The minimum absolute atomic E-state index is 0.212. The number of cyclic esters (lactones) is 1. The third-order valence-corrected chi connectivity index (χ3v) is 3.62. The third kappa shape index (κ3) is 1.60. The molecule has 0 aromatic heterocycles. The first kappa shape index (κ1) is 10.6. The highest BCUT2D eigenvalue weighted by molar-refractivity contribution is 5.92. The van der Waals surface area contributed by atoms with Crippen LogP contribution in [0.5, 0.6) is 0 Å². The van der Waals surface area contributed by atoms with Gasteiger partial charge in [0.1, 0.15) is 6.61 Å². The van der Waals surface area contributed by atoms with E-state index in [0.29, 0.717) is 12.6 Å². The molecule has 2 heterocycles. The monoisotopic (exact) mass is 232 g/mol. The summed E-state index contributed by atoms with van der Waals surface area (Å²) >= 11 is 0. The molecule has 4 nitrogen and oxygen atoms in total. The van der Waals surface area contributed by atoms with E-state index in [1.165, 1.54) is 5.56 Å². The van der Waals surface area contributed by atoms with Crippen LogP contribution in [0.25, 0.3) is 0 Å². The van der Waals surface area contributed by atoms with Crippen LogP contribution in [0.4, 0.5) is 10.5 Å². The van der Waals surface area contributed by atoms with Crippen LogP contribution in [0.1, 0.15) is 11.1 Å². The van der Waals surface area contributed by atoms with Gasteiger partial charge in [-0.15, -0.1) is 0 Å². The van der Waals surface area contributed by atoms with E-state index < -0.39 is 0 Å². The molecule has 0 saturated carbocycles. The number of hydrogen-bond acceptors (Lipinski definition) is 3. The van der Waals surface area contributed by atoms with Crippen LogP contribution in [-0.4, -0.2) is 37.7 Å². The van der Waals surface area contributed by atoms with Crippen LogP contribution in [-0.2, 0) is 17.8 Å². The van der Waals surface area contributed by atoms with Crippen molar-refractivity contribution in [2.24, 2.45) is 0 Å². The van der Waals surface area contributed by atoms with E-state index in [-0.39, 0.29) is 6.09 Å². The Morgan fingerprint density at radius 2 is 2.12 bits per heavy atom. The first-order valence-corrected chi connectivity index (χ1v) is 5.88. The fourth-order valence-corrected chi connectivity index (χ4v) is 2.62. The van der Waals surface area contributed by atoms with Gasteiger partial charge in [-0.25, -0.2) is 4.79 Å². The Labute approximate surface area is 101 Å². The fraction of sp³-hybridized carbons (Fsp3) is 0.462. The Hall–Kier alpha value is -1.55. The van der Waals surface area contributed by atoms with Crippen molar-refractivity contribution in [3.05, 3.63) is 29.3 Å². The summed E-state index contributed by atoms with van der Waals surface area (Å²) in [5, 5.41) is 0. The highest BCUT2D eigenvalue weighted by Crippen LogP contribution is 2.35. The Kier molecular flexibility index (Phi) is 2.33. The number of hydrogen-bond donors (Lipinski definition) is 0. The number of nitrogens with zero attached hydrogens (tertiary/aromatic N) is 2. The van der Waals surface area contributed by atoms with E-state index in [1.54, 1.807) is 4.90 Å². The zero-order valence-electron chi connectivity index (χ0n) is 10.1. The maximum atomic E-state index is 11.8. The lowest BCUT2D eigenvalue weighted by molar-refractivity contribution is 0.137. The van der Waals surface area contributed by atoms with Gasteiger partial charge >= 0.3 is 6.09 Å². The van der Waals surface area contributed by atoms with Gasteiger partial charge in [0.2, 0.25) is 0 Å². The molecule has 3 rings (SSSR count). The molecule has 0 N–H and O–H groups in total. The third-order valence-electron chi connectivity index (χ3n) is 3.62. The molecule has 1 aromatic carbocycles. The zero-order valence-corrected chi connectivity index (χ0v) is 10.1. The lowest BCUT2D eigenvalue weighted by Gasteiger charge is -2.40. The average Bonchev–Trinajstić information content (AvgIpc) is 2.33. The van der Waals surface area contributed by atoms with Gasteiger partial charge in [-0.3, -0.25) is 4.90 Å². The summed E-state index contributed by atoms with van der Waals surface area (Å²) in [6.07, 6.45) is 0.788. The topological polar surface area (TPSA) is 32.8 Å². The molecule has 1 atom stereocenters. The van der Waals surface area contributed by atoms with Crippen molar-refractivity contribution in [2.45, 2.75) is 19.1 Å². The Morgan fingerprint density at radius 3 is 2.88 bits per heavy atom. The largest absolute Gasteiger partial charge is 0.444 e. The molecule has 1 amide bonds. The summed E-state index contributed by atoms with van der Waals surface area (Å²) in [4.78, 5) is 15.8. The van der Waals surface area contributed by atoms with Crippen molar-refractivity contribution in [2.75, 3.05) is 25.5 Å². The molecular weight excluding hydrogens is 216 g/mol. The number of para-hydroxylation sites is 1. The number of likely N-dealkylation sites (N-methyl/N-ethyl adjacent to an activating group) is 1. The first-order chi connectivity index (χ1) is 8.16. The van der Waals surface area contributed by atoms with Gasteiger partial charge in [-0.1, -0.05) is 18.2 Å². The predicted octanol–water partition coefficient (Wildman–Crippen LogP) is 1.63. The molecule has 2 aliphatic heterocycles. The summed E-state index contributed by atoms with van der Waals surface area (Å²) in [7, 11) is 4.10. The zero-order chi connectivity index (χ0) is 12.0. The van der Waals surface area contributed by atoms with E-state index >= 15 is 0 Å². The van der Waals surface area contributed by atoms with Crippen molar-refractivity contribution in [1.29, 1.82) is 0 Å². The molecule has 0 fully saturated rings. The summed E-state index contributed by atoms with van der Waals surface area (Å²) in [6, 6.07) is 6.56. The standard InChI is InChI=1S/C13H16N2O2/c1-14(2)11-6-9-4-3-5-10-8-17-13(16)15(7-11)12(9)10/h3-5,11H,6-8H2,1-2H3. The van der Waals surface area contributed by atoms with Gasteiger partial charge in [0.25, 0.3) is 0 Å². The van der Waals surface area contributed by atoms with Crippen LogP contribution in [0.15, 0.2) is 18.2 Å². The van der Waals surface area contributed by atoms with Gasteiger partial charge < -0.3 is 9.64 Å². The minimum atomic E-state index is -0.212. The highest BCUT2D eigenvalue weighted by atomic mass is 16.6. The van der Waals surface area contributed by atoms with Gasteiger partial charge in [0, 0.05) is 18.2 Å². The van der Waals surface area contributed by atoms with Crippen molar-refractivity contribution < 1.29 is 9.53 Å². The lowest BCUT2D eigenvalue weighted by atomic mass is 9.94. The summed E-state index contributed by atoms with van der Waals surface area (Å²) in [6.45, 7) is 1.13. The maximum Gasteiger partial charge on any atom is 0.414 e. The van der Waals surface area contributed by atoms with Crippen molar-refractivity contribution in [1.82, 2.24) is 4.90 Å². The molecule has 90 valence electrons. The Balaban J connectivity index is 2.08. The molecule has 0 bridgehead atoms. The van der Waals surface area contributed by atoms with E-state index in [1.807, 2.05) is 12.1 Å². The van der Waals surface area contributed by atoms with E-state index in [4.69, 9.17) is 4.74 Å². The number of benzene rings is 1. The molecule has 4 heteroatoms. The maximum absolute atomic E-state index is 11.8. The second-order valence-corrected chi connectivity index (χ2v) is 4.91. The van der Waals surface area contributed by atoms with Crippen molar-refractivity contribution in [3.8, 4) is 0 Å². The Bertz CT molecular complexity index is 470. The second-order valence-electron chi connectivity index (χ2n) is 4.91. The molecular formula is C13H16N2O2. The van der Waals surface area contributed by atoms with Crippen molar-refractivity contribution in [3.63, 3.8) is 0 Å². The average molecular weight is 232 g/mol. The van der Waals surface area contributed by atoms with Gasteiger partial charge in [0.15, 0.2) is 0 Å². The van der Waals surface area contributed by atoms with Crippen LogP contribution in [0.2, 0.25) is 0 Å². The number of amides is 1. The van der Waals surface area contributed by atoms with Gasteiger partial charge in [0.05, 0.1) is 5.69 Å². The van der Waals surface area contributed by atoms with Gasteiger partial charge in [-0.2, -0.15) is 0 Å². The fourth-order valence-electron chi connectivity index (χ4n) is 2.62. The van der Waals surface area contributed by atoms with Crippen LogP contribution >= 0.6 is 0 Å². The lowest BCUT2D eigenvalue weighted by Crippen LogP contribution is -2.50. The molecule has 17 heavy (non-hydrogen) atoms. The number of ether oxygens (including phenoxy) is 1. The molecule has 1 unspecified atom stereocenters. The summed E-state index contributed by atoms with van der Waals surface area (Å²) < 4.78 is 5.19. The molecule has 0 radical (unpaired) electrons. The summed E-state index contributed by atoms with van der Waals surface area (Å²) in [5.41, 5.74) is 3.46. The van der Waals surface area contributed by atoms with Crippen LogP contribution in [0.3, 0.4) is 0 Å². The number of rotatable bonds is 1. The summed E-state index contributed by atoms with van der Waals surface area (Å²) in [5.74, 6) is 0. The number of carbonyl (C=O) groups excluding carboxylic acids is 1. The molecule has 0 saturated heterocycles. The normalized spacial score (nSPS) is 22.4. The van der Waals surface area contributed by atoms with Crippen LogP contribution < -0.4 is 4.90 Å². The van der Waals surface area contributed by atoms with Crippen LogP contribution in [0, 0.1) is 0 Å². The minimum Gasteiger partial charge on any atom is -0.444 e. The second kappa shape index (κ2) is 3.74. The molecule has 2 aliphatic rings. The molecule has 0 spiro atoms. The highest BCUT2D eigenvalue weighted by Gasteiger charge is 2.34. The SMILES string of the molecule is CN(C)C1Cc2cccc3c2N(C1)C(=O)OC3. The number of anilines is 1. The van der Waals surface area contributed by atoms with E-state index in [2.05, 4.69) is 25.1 Å². The van der Waals surface area contributed by atoms with E-state index in [0.717, 1.165) is 24.2 Å². The quantitative estimate of drug-likeness (QED) is 0.737. The molecule has 1 aromatic rings. The Morgan fingerprint density at radius 1 is 1.35 bits per heavy atom. The van der Waals surface area contributed by atoms with Gasteiger partial charge in [-0.05, 0) is 26.1 Å². The predicted molar refractivity (Wildman–Crippen MR) is 65.2 cm³/mol. The smallest absolute Gasteiger partial charge is 0.414 e. The van der Waals surface area contributed by atoms with E-state index in [9.17, 15) is 4.79 Å². The molecule has 0 aliphatic carbocycles. The first-order valence-electron chi connectivity index (χ1n) is 5.88. The van der Waals surface area contributed by atoms with Crippen molar-refractivity contribution >= 4 is 11.8 Å². The number of carbonyl (C=O) groups is 1.